The van der Waals surface area contributed by atoms with E-state index in [0.29, 0.717) is 6.54 Å². The number of pyridine rings is 1. The van der Waals surface area contributed by atoms with Gasteiger partial charge in [-0.1, -0.05) is 18.2 Å². The maximum Gasteiger partial charge on any atom is 0.145 e. The molecule has 1 aromatic carbocycles. The number of aliphatic hydroxyl groups is 1. The summed E-state index contributed by atoms with van der Waals surface area (Å²) in [6, 6.07) is 12.2. The molecule has 1 saturated heterocycles. The predicted octanol–water partition coefficient (Wildman–Crippen LogP) is 3.63. The number of aliphatic hydroxyl groups excluding tert-OH is 1. The summed E-state index contributed by atoms with van der Waals surface area (Å²) >= 11 is 1.65. The third kappa shape index (κ3) is 2.89. The lowest BCUT2D eigenvalue weighted by atomic mass is 10.2. The van der Waals surface area contributed by atoms with Crippen LogP contribution >= 0.6 is 11.3 Å². The monoisotopic (exact) mass is 377 g/mol. The molecule has 6 nitrogen and oxygen atoms in total. The third-order valence-electron chi connectivity index (χ3n) is 4.98. The molecule has 27 heavy (non-hydrogen) atoms. The maximum absolute atomic E-state index is 9.71. The zero-order chi connectivity index (χ0) is 18.4. The lowest BCUT2D eigenvalue weighted by Gasteiger charge is -2.16. The van der Waals surface area contributed by atoms with Gasteiger partial charge in [-0.2, -0.15) is 5.10 Å². The van der Waals surface area contributed by atoms with Crippen LogP contribution in [-0.4, -0.2) is 44.5 Å². The van der Waals surface area contributed by atoms with Crippen molar-refractivity contribution in [3.8, 4) is 22.0 Å². The van der Waals surface area contributed by atoms with Crippen LogP contribution in [-0.2, 0) is 0 Å². The number of benzene rings is 1. The van der Waals surface area contributed by atoms with Crippen LogP contribution < -0.4 is 4.90 Å². The summed E-state index contributed by atoms with van der Waals surface area (Å²) in [5.41, 5.74) is 3.85. The number of aromatic amines is 1. The number of fused-ring (bicyclic) bond motifs is 1. The fraction of sp³-hybridized carbons (Fsp3) is 0.250. The first kappa shape index (κ1) is 16.4. The van der Waals surface area contributed by atoms with E-state index in [9.17, 15) is 5.11 Å². The Hall–Kier alpha value is -2.77. The lowest BCUT2D eigenvalue weighted by molar-refractivity contribution is 0.198. The summed E-state index contributed by atoms with van der Waals surface area (Å²) in [4.78, 5) is 12.7. The van der Waals surface area contributed by atoms with Crippen molar-refractivity contribution in [3.05, 3.63) is 47.5 Å². The fourth-order valence-corrected chi connectivity index (χ4v) is 4.49. The molecule has 0 amide bonds. The van der Waals surface area contributed by atoms with Gasteiger partial charge in [-0.15, -0.1) is 11.3 Å². The topological polar surface area (TPSA) is 77.9 Å². The Morgan fingerprint density at radius 2 is 2.07 bits per heavy atom. The van der Waals surface area contributed by atoms with Crippen molar-refractivity contribution in [1.29, 1.82) is 0 Å². The molecule has 1 aliphatic rings. The molecule has 3 aromatic heterocycles. The second kappa shape index (κ2) is 6.44. The van der Waals surface area contributed by atoms with Crippen molar-refractivity contribution >= 4 is 28.1 Å². The normalized spacial score (nSPS) is 17.1. The van der Waals surface area contributed by atoms with Gasteiger partial charge in [0.15, 0.2) is 0 Å². The Labute approximate surface area is 160 Å². The van der Waals surface area contributed by atoms with Crippen molar-refractivity contribution in [3.63, 3.8) is 0 Å². The van der Waals surface area contributed by atoms with Gasteiger partial charge in [-0.25, -0.2) is 9.97 Å². The number of aromatic nitrogens is 4. The molecular formula is C20H19N5OS. The number of H-pyrrole nitrogens is 1. The first-order valence-corrected chi connectivity index (χ1v) is 9.81. The van der Waals surface area contributed by atoms with Gasteiger partial charge in [0.1, 0.15) is 16.5 Å². The highest BCUT2D eigenvalue weighted by atomic mass is 32.1. The molecule has 0 radical (unpaired) electrons. The molecular weight excluding hydrogens is 358 g/mol. The van der Waals surface area contributed by atoms with E-state index in [1.54, 1.807) is 11.3 Å². The van der Waals surface area contributed by atoms with Crippen LogP contribution in [0.5, 0.6) is 0 Å². The largest absolute Gasteiger partial charge is 0.391 e. The van der Waals surface area contributed by atoms with Crippen molar-refractivity contribution in [2.75, 3.05) is 18.0 Å². The number of hydrogen-bond donors (Lipinski definition) is 2. The zero-order valence-corrected chi connectivity index (χ0v) is 15.7. The van der Waals surface area contributed by atoms with E-state index in [4.69, 9.17) is 4.98 Å². The standard InChI is InChI=1S/C20H19N5OS/c1-12-18(13-6-7-17(21-10-13)25-9-8-14(26)11-25)22-20(27-12)19-15-4-2-3-5-16(15)23-24-19/h2-7,10,14,26H,8-9,11H2,1H3,(H,23,24). The van der Waals surface area contributed by atoms with E-state index < -0.39 is 0 Å². The van der Waals surface area contributed by atoms with Crippen molar-refractivity contribution in [2.24, 2.45) is 0 Å². The number of anilines is 1. The Morgan fingerprint density at radius 3 is 2.85 bits per heavy atom. The van der Waals surface area contributed by atoms with E-state index in [1.165, 1.54) is 0 Å². The predicted molar refractivity (Wildman–Crippen MR) is 108 cm³/mol. The van der Waals surface area contributed by atoms with Crippen molar-refractivity contribution in [2.45, 2.75) is 19.4 Å². The van der Waals surface area contributed by atoms with E-state index >= 15 is 0 Å². The number of para-hydroxylation sites is 1. The number of rotatable bonds is 3. The summed E-state index contributed by atoms with van der Waals surface area (Å²) in [6.07, 6.45) is 2.42. The summed E-state index contributed by atoms with van der Waals surface area (Å²) in [6.45, 7) is 3.58. The molecule has 0 aliphatic carbocycles. The van der Waals surface area contributed by atoms with Crippen LogP contribution in [0.25, 0.3) is 32.9 Å². The molecule has 2 N–H and O–H groups in total. The average Bonchev–Trinajstić information content (AvgIpc) is 3.40. The van der Waals surface area contributed by atoms with Crippen LogP contribution in [0.3, 0.4) is 0 Å². The Kier molecular flexibility index (Phi) is 3.91. The number of thiazole rings is 1. The lowest BCUT2D eigenvalue weighted by Crippen LogP contribution is -2.21. The maximum atomic E-state index is 9.71. The van der Waals surface area contributed by atoms with Gasteiger partial charge in [0.05, 0.1) is 17.3 Å². The molecule has 136 valence electrons. The van der Waals surface area contributed by atoms with E-state index in [0.717, 1.165) is 56.5 Å². The van der Waals surface area contributed by atoms with Gasteiger partial charge < -0.3 is 10.0 Å². The summed E-state index contributed by atoms with van der Waals surface area (Å²) in [5, 5.41) is 19.2. The minimum Gasteiger partial charge on any atom is -0.391 e. The van der Waals surface area contributed by atoms with Gasteiger partial charge in [-0.05, 0) is 31.5 Å². The molecule has 0 bridgehead atoms. The van der Waals surface area contributed by atoms with Gasteiger partial charge in [-0.3, -0.25) is 5.10 Å². The molecule has 7 heteroatoms. The molecule has 0 spiro atoms. The highest BCUT2D eigenvalue weighted by molar-refractivity contribution is 7.15. The summed E-state index contributed by atoms with van der Waals surface area (Å²) < 4.78 is 0. The number of hydrogen-bond acceptors (Lipinski definition) is 6. The molecule has 1 unspecified atom stereocenters. The summed E-state index contributed by atoms with van der Waals surface area (Å²) in [5.74, 6) is 0.904. The minimum atomic E-state index is -0.251. The van der Waals surface area contributed by atoms with E-state index in [-0.39, 0.29) is 6.10 Å². The molecule has 1 aliphatic heterocycles. The van der Waals surface area contributed by atoms with Crippen LogP contribution in [0, 0.1) is 6.92 Å². The SMILES string of the molecule is Cc1sc(-c2n[nH]c3ccccc23)nc1-c1ccc(N2CCC(O)C2)nc1. The summed E-state index contributed by atoms with van der Waals surface area (Å²) in [7, 11) is 0. The van der Waals surface area contributed by atoms with Crippen molar-refractivity contribution in [1.82, 2.24) is 20.2 Å². The van der Waals surface area contributed by atoms with Crippen LogP contribution in [0.2, 0.25) is 0 Å². The van der Waals surface area contributed by atoms with Gasteiger partial charge in [0.25, 0.3) is 0 Å². The number of nitrogens with one attached hydrogen (secondary N) is 1. The number of aryl methyl sites for hydroxylation is 1. The number of nitrogens with zero attached hydrogens (tertiary/aromatic N) is 4. The Bertz CT molecular complexity index is 1100. The Morgan fingerprint density at radius 1 is 1.19 bits per heavy atom. The fourth-order valence-electron chi connectivity index (χ4n) is 3.56. The second-order valence-corrected chi connectivity index (χ2v) is 8.04. The van der Waals surface area contributed by atoms with Crippen molar-refractivity contribution < 1.29 is 5.11 Å². The first-order valence-electron chi connectivity index (χ1n) is 8.99. The van der Waals surface area contributed by atoms with Gasteiger partial charge in [0.2, 0.25) is 0 Å². The van der Waals surface area contributed by atoms with E-state index in [1.807, 2.05) is 30.5 Å². The number of β-amino-alcohol motifs (C(OH)–C–C–N with tert-alkyl or cyclic N) is 1. The molecule has 0 saturated carbocycles. The molecule has 1 fully saturated rings. The highest BCUT2D eigenvalue weighted by Crippen LogP contribution is 2.35. The molecule has 4 heterocycles. The highest BCUT2D eigenvalue weighted by Gasteiger charge is 2.21. The average molecular weight is 377 g/mol. The second-order valence-electron chi connectivity index (χ2n) is 6.84. The van der Waals surface area contributed by atoms with Gasteiger partial charge in [0, 0.05) is 35.1 Å². The first-order chi connectivity index (χ1) is 13.2. The molecule has 1 atom stereocenters. The van der Waals surface area contributed by atoms with Crippen LogP contribution in [0.15, 0.2) is 42.6 Å². The molecule has 4 aromatic rings. The van der Waals surface area contributed by atoms with Gasteiger partial charge >= 0.3 is 0 Å². The minimum absolute atomic E-state index is 0.251. The van der Waals surface area contributed by atoms with E-state index in [2.05, 4.69) is 39.1 Å². The van der Waals surface area contributed by atoms with Crippen LogP contribution in [0.4, 0.5) is 5.82 Å². The molecule has 5 rings (SSSR count). The van der Waals surface area contributed by atoms with Crippen LogP contribution in [0.1, 0.15) is 11.3 Å². The zero-order valence-electron chi connectivity index (χ0n) is 14.9. The quantitative estimate of drug-likeness (QED) is 0.570. The Balaban J connectivity index is 1.48. The smallest absolute Gasteiger partial charge is 0.145 e. The third-order valence-corrected chi connectivity index (χ3v) is 5.96.